The summed E-state index contributed by atoms with van der Waals surface area (Å²) in [7, 11) is 0. The van der Waals surface area contributed by atoms with Crippen molar-refractivity contribution in [2.45, 2.75) is 43.5 Å². The summed E-state index contributed by atoms with van der Waals surface area (Å²) in [5, 5.41) is 22.2. The van der Waals surface area contributed by atoms with Crippen molar-refractivity contribution in [2.24, 2.45) is 5.92 Å². The zero-order chi connectivity index (χ0) is 33.5. The Bertz CT molecular complexity index is 1840. The molecule has 1 fully saturated rings. The van der Waals surface area contributed by atoms with Crippen LogP contribution in [0.4, 0.5) is 0 Å². The largest absolute Gasteiger partial charge is 0.478 e. The quantitative estimate of drug-likeness (QED) is 0.123. The van der Waals surface area contributed by atoms with Crippen molar-refractivity contribution in [1.29, 1.82) is 0 Å². The Morgan fingerprint density at radius 3 is 2.19 bits per heavy atom. The van der Waals surface area contributed by atoms with Gasteiger partial charge in [-0.1, -0.05) is 104 Å². The van der Waals surface area contributed by atoms with Gasteiger partial charge in [0.1, 0.15) is 0 Å². The van der Waals surface area contributed by atoms with Crippen LogP contribution in [0.5, 0.6) is 0 Å². The number of aliphatic hydroxyl groups is 1. The zero-order valence-corrected chi connectivity index (χ0v) is 27.3. The third kappa shape index (κ3) is 7.86. The fraction of sp³-hybridized carbons (Fsp3) is 0.200. The lowest BCUT2D eigenvalue weighted by Crippen LogP contribution is -2.38. The highest BCUT2D eigenvalue weighted by molar-refractivity contribution is 7.99. The lowest BCUT2D eigenvalue weighted by atomic mass is 9.91. The van der Waals surface area contributed by atoms with Crippen molar-refractivity contribution in [3.05, 3.63) is 161 Å². The average molecular weight is 660 g/mol. The van der Waals surface area contributed by atoms with Gasteiger partial charge in [0.25, 0.3) is 5.91 Å². The summed E-state index contributed by atoms with van der Waals surface area (Å²) < 4.78 is 13.2. The number of ether oxygens (including phenoxy) is 2. The lowest BCUT2D eigenvalue weighted by molar-refractivity contribution is -0.268. The van der Waals surface area contributed by atoms with Gasteiger partial charge in [-0.15, -0.1) is 11.8 Å². The van der Waals surface area contributed by atoms with Crippen LogP contribution in [0.15, 0.2) is 132 Å². The van der Waals surface area contributed by atoms with Crippen LogP contribution < -0.4 is 5.32 Å². The van der Waals surface area contributed by atoms with Gasteiger partial charge in [0.05, 0.1) is 24.4 Å². The van der Waals surface area contributed by atoms with E-state index in [2.05, 4.69) is 18.3 Å². The van der Waals surface area contributed by atoms with Crippen LogP contribution in [0.2, 0.25) is 0 Å². The third-order valence-corrected chi connectivity index (χ3v) is 9.74. The highest BCUT2D eigenvalue weighted by Gasteiger charge is 2.38. The molecule has 0 radical (unpaired) electrons. The minimum atomic E-state index is -0.957. The Labute approximate surface area is 284 Å². The standard InChI is InChI=1S/C40H37NO6S/c1-26-35(25-48-36-13-6-5-12-34(36)39(44)45)46-40(47-37(26)30-16-14-27(24-42)15-17-30)32-20-18-29(19-21-32)33-11-7-8-28(22-33)23-41-38(43)31-9-3-2-4-10-31/h2-22,26,35,37,40,42H,23-25H2,1H3,(H,41,43)(H,44,45). The van der Waals surface area contributed by atoms with E-state index >= 15 is 0 Å². The number of nitrogens with one attached hydrogen (secondary N) is 1. The molecule has 1 aliphatic rings. The lowest BCUT2D eigenvalue weighted by Gasteiger charge is -2.41. The van der Waals surface area contributed by atoms with Crippen molar-refractivity contribution in [3.8, 4) is 11.1 Å². The van der Waals surface area contributed by atoms with Gasteiger partial charge < -0.3 is 25.0 Å². The maximum absolute atomic E-state index is 12.5. The number of amides is 1. The number of hydrogen-bond donors (Lipinski definition) is 3. The first-order chi connectivity index (χ1) is 23.4. The van der Waals surface area contributed by atoms with E-state index in [9.17, 15) is 19.8 Å². The second-order valence-electron chi connectivity index (χ2n) is 11.8. The molecular formula is C40H37NO6S. The van der Waals surface area contributed by atoms with Crippen molar-refractivity contribution in [1.82, 2.24) is 5.32 Å². The summed E-state index contributed by atoms with van der Waals surface area (Å²) in [6, 6.07) is 40.1. The summed E-state index contributed by atoms with van der Waals surface area (Å²) in [5.74, 6) is -0.559. The molecule has 0 saturated carbocycles. The molecule has 8 heteroatoms. The second-order valence-corrected chi connectivity index (χ2v) is 12.9. The first-order valence-corrected chi connectivity index (χ1v) is 16.9. The van der Waals surface area contributed by atoms with Crippen LogP contribution in [0.25, 0.3) is 11.1 Å². The van der Waals surface area contributed by atoms with E-state index in [0.29, 0.717) is 22.8 Å². The SMILES string of the molecule is CC1C(CSc2ccccc2C(=O)O)OC(c2ccc(-c3cccc(CNC(=O)c4ccccc4)c3)cc2)OC1c1ccc(CO)cc1. The predicted molar refractivity (Wildman–Crippen MR) is 187 cm³/mol. The van der Waals surface area contributed by atoms with E-state index < -0.39 is 12.3 Å². The Hall–Kier alpha value is -4.73. The van der Waals surface area contributed by atoms with E-state index in [0.717, 1.165) is 33.4 Å². The molecule has 4 unspecified atom stereocenters. The summed E-state index contributed by atoms with van der Waals surface area (Å²) in [6.45, 7) is 2.47. The summed E-state index contributed by atoms with van der Waals surface area (Å²) in [4.78, 5) is 25.1. The van der Waals surface area contributed by atoms with E-state index in [1.54, 1.807) is 24.3 Å². The molecule has 5 aromatic rings. The molecule has 4 atom stereocenters. The number of aliphatic hydroxyl groups excluding tert-OH is 1. The van der Waals surface area contributed by atoms with Crippen LogP contribution in [0.1, 0.15) is 62.3 Å². The van der Waals surface area contributed by atoms with Gasteiger partial charge in [-0.25, -0.2) is 4.79 Å². The van der Waals surface area contributed by atoms with Crippen LogP contribution in [-0.2, 0) is 22.6 Å². The first-order valence-electron chi connectivity index (χ1n) is 15.9. The van der Waals surface area contributed by atoms with Gasteiger partial charge in [0.2, 0.25) is 0 Å². The average Bonchev–Trinajstić information content (AvgIpc) is 3.14. The van der Waals surface area contributed by atoms with Crippen LogP contribution >= 0.6 is 11.8 Å². The number of carboxylic acids is 1. The molecule has 0 aliphatic carbocycles. The minimum Gasteiger partial charge on any atom is -0.478 e. The van der Waals surface area contributed by atoms with Crippen molar-refractivity contribution >= 4 is 23.6 Å². The zero-order valence-electron chi connectivity index (χ0n) is 26.5. The molecular weight excluding hydrogens is 623 g/mol. The molecule has 0 spiro atoms. The molecule has 244 valence electrons. The van der Waals surface area contributed by atoms with Crippen LogP contribution in [0.3, 0.4) is 0 Å². The first kappa shape index (κ1) is 33.2. The molecule has 0 aromatic heterocycles. The van der Waals surface area contributed by atoms with Crippen molar-refractivity contribution in [3.63, 3.8) is 0 Å². The molecule has 5 aromatic carbocycles. The van der Waals surface area contributed by atoms with Crippen molar-refractivity contribution in [2.75, 3.05) is 5.75 Å². The highest BCUT2D eigenvalue weighted by atomic mass is 32.2. The molecule has 1 aliphatic heterocycles. The molecule has 48 heavy (non-hydrogen) atoms. The summed E-state index contributed by atoms with van der Waals surface area (Å²) in [5.41, 5.74) is 6.62. The highest BCUT2D eigenvalue weighted by Crippen LogP contribution is 2.43. The van der Waals surface area contributed by atoms with Gasteiger partial charge in [-0.3, -0.25) is 4.79 Å². The number of carbonyl (C=O) groups excluding carboxylic acids is 1. The maximum atomic E-state index is 12.5. The van der Waals surface area contributed by atoms with Gasteiger partial charge in [-0.2, -0.15) is 0 Å². The monoisotopic (exact) mass is 659 g/mol. The Balaban J connectivity index is 1.19. The van der Waals surface area contributed by atoms with Crippen LogP contribution in [-0.4, -0.2) is 33.9 Å². The number of carbonyl (C=O) groups is 2. The van der Waals surface area contributed by atoms with Gasteiger partial charge in [0.15, 0.2) is 6.29 Å². The summed E-state index contributed by atoms with van der Waals surface area (Å²) in [6.07, 6.45) is -1.16. The number of thioether (sulfide) groups is 1. The number of rotatable bonds is 11. The molecule has 7 nitrogen and oxygen atoms in total. The van der Waals surface area contributed by atoms with Crippen LogP contribution in [0, 0.1) is 5.92 Å². The minimum absolute atomic E-state index is 0.0323. The number of aromatic carboxylic acids is 1. The molecule has 1 heterocycles. The Morgan fingerprint density at radius 1 is 0.750 bits per heavy atom. The van der Waals surface area contributed by atoms with E-state index in [1.807, 2.05) is 97.1 Å². The summed E-state index contributed by atoms with van der Waals surface area (Å²) >= 11 is 1.47. The predicted octanol–water partition coefficient (Wildman–Crippen LogP) is 8.06. The molecule has 6 rings (SSSR count). The smallest absolute Gasteiger partial charge is 0.336 e. The van der Waals surface area contributed by atoms with E-state index in [4.69, 9.17) is 9.47 Å². The molecule has 1 amide bonds. The van der Waals surface area contributed by atoms with Crippen molar-refractivity contribution < 1.29 is 29.3 Å². The fourth-order valence-electron chi connectivity index (χ4n) is 5.82. The van der Waals surface area contributed by atoms with Gasteiger partial charge >= 0.3 is 5.97 Å². The van der Waals surface area contributed by atoms with Gasteiger partial charge in [-0.05, 0) is 58.1 Å². The Kier molecular flexibility index (Phi) is 10.7. The van der Waals surface area contributed by atoms with E-state index in [-0.39, 0.29) is 36.2 Å². The molecule has 1 saturated heterocycles. The molecule has 3 N–H and O–H groups in total. The maximum Gasteiger partial charge on any atom is 0.336 e. The topological polar surface area (TPSA) is 105 Å². The fourth-order valence-corrected chi connectivity index (χ4v) is 7.03. The Morgan fingerprint density at radius 2 is 1.46 bits per heavy atom. The number of hydrogen-bond acceptors (Lipinski definition) is 6. The second kappa shape index (κ2) is 15.4. The van der Waals surface area contributed by atoms with Gasteiger partial charge in [0, 0.05) is 34.2 Å². The number of benzene rings is 5. The van der Waals surface area contributed by atoms with E-state index in [1.165, 1.54) is 11.8 Å². The number of carboxylic acid groups (broad SMARTS) is 1. The normalized spacial score (nSPS) is 19.0. The third-order valence-electron chi connectivity index (χ3n) is 8.58. The molecule has 0 bridgehead atoms.